The summed E-state index contributed by atoms with van der Waals surface area (Å²) in [6.45, 7) is 0.929. The first-order valence-corrected chi connectivity index (χ1v) is 8.45. The van der Waals surface area contributed by atoms with Gasteiger partial charge in [-0.15, -0.1) is 0 Å². The highest BCUT2D eigenvalue weighted by Crippen LogP contribution is 2.31. The minimum Gasteiger partial charge on any atom is -0.474 e. The van der Waals surface area contributed by atoms with Crippen molar-refractivity contribution in [2.45, 2.75) is 19.2 Å². The molecule has 0 aliphatic rings. The Balaban J connectivity index is 1.85. The van der Waals surface area contributed by atoms with Crippen molar-refractivity contribution in [1.82, 2.24) is 0 Å². The lowest BCUT2D eigenvalue weighted by molar-refractivity contribution is -0.152. The van der Waals surface area contributed by atoms with Gasteiger partial charge in [0.1, 0.15) is 5.58 Å². The van der Waals surface area contributed by atoms with Crippen molar-refractivity contribution < 1.29 is 49.1 Å². The van der Waals surface area contributed by atoms with E-state index in [0.29, 0.717) is 0 Å². The number of carbonyl (C=O) groups excluding carboxylic acids is 1. The molecule has 13 heteroatoms. The lowest BCUT2D eigenvalue weighted by atomic mass is 10.2. The molecule has 0 spiro atoms. The second-order valence-corrected chi connectivity index (χ2v) is 6.33. The third kappa shape index (κ3) is 4.22. The van der Waals surface area contributed by atoms with Gasteiger partial charge in [-0.25, -0.2) is 13.2 Å². The van der Waals surface area contributed by atoms with Crippen LogP contribution in [-0.2, 0) is 11.0 Å². The molecular weight excluding hydrogens is 458 g/mol. The van der Waals surface area contributed by atoms with Crippen molar-refractivity contribution in [1.29, 1.82) is 0 Å². The van der Waals surface area contributed by atoms with E-state index in [4.69, 9.17) is 0 Å². The molecule has 3 rings (SSSR count). The van der Waals surface area contributed by atoms with E-state index in [9.17, 15) is 44.7 Å². The first-order valence-electron chi connectivity index (χ1n) is 8.45. The van der Waals surface area contributed by atoms with Crippen molar-refractivity contribution in [3.8, 4) is 5.75 Å². The largest absolute Gasteiger partial charge is 0.474 e. The predicted octanol–water partition coefficient (Wildman–Crippen LogP) is 4.91. The van der Waals surface area contributed by atoms with Crippen molar-refractivity contribution in [3.05, 3.63) is 69.3 Å². The number of halogens is 8. The number of hydrogen-bond acceptors (Lipinski definition) is 4. The van der Waals surface area contributed by atoms with Crippen LogP contribution in [0.4, 0.5) is 40.8 Å². The van der Waals surface area contributed by atoms with Gasteiger partial charge in [-0.1, -0.05) is 0 Å². The molecule has 5 nitrogen and oxygen atoms in total. The zero-order chi connectivity index (χ0) is 24.0. The van der Waals surface area contributed by atoms with Gasteiger partial charge in [-0.2, -0.15) is 22.0 Å². The summed E-state index contributed by atoms with van der Waals surface area (Å²) in [5.74, 6) is -15.9. The quantitative estimate of drug-likeness (QED) is 0.336. The molecule has 0 radical (unpaired) electrons. The van der Waals surface area contributed by atoms with E-state index >= 15 is 0 Å². The lowest BCUT2D eigenvalue weighted by Gasteiger charge is -2.16. The number of alkyl halides is 3. The van der Waals surface area contributed by atoms with E-state index in [2.05, 4.69) is 14.5 Å². The topological polar surface area (TPSA) is 68.5 Å². The highest BCUT2D eigenvalue weighted by atomic mass is 19.4. The first kappa shape index (κ1) is 23.0. The summed E-state index contributed by atoms with van der Waals surface area (Å²) >= 11 is 0. The van der Waals surface area contributed by atoms with Gasteiger partial charge in [0, 0.05) is 11.8 Å². The molecule has 1 atom stereocenters. The Labute approximate surface area is 172 Å². The number of fused-ring (bicyclic) bond motifs is 1. The summed E-state index contributed by atoms with van der Waals surface area (Å²) < 4.78 is 114. The Bertz CT molecular complexity index is 1260. The third-order valence-electron chi connectivity index (χ3n) is 4.11. The number of benzene rings is 2. The molecule has 0 aliphatic carbocycles. The van der Waals surface area contributed by atoms with Gasteiger partial charge >= 0.3 is 6.18 Å². The molecule has 2 aromatic carbocycles. The second kappa shape index (κ2) is 8.13. The second-order valence-electron chi connectivity index (χ2n) is 6.33. The van der Waals surface area contributed by atoms with Gasteiger partial charge in [-0.05, 0) is 25.1 Å². The van der Waals surface area contributed by atoms with Crippen LogP contribution in [0.15, 0.2) is 33.5 Å². The zero-order valence-corrected chi connectivity index (χ0v) is 15.5. The van der Waals surface area contributed by atoms with Crippen LogP contribution in [0.1, 0.15) is 12.7 Å². The lowest BCUT2D eigenvalue weighted by Crippen LogP contribution is -2.31. The van der Waals surface area contributed by atoms with Gasteiger partial charge in [-0.3, -0.25) is 9.59 Å². The van der Waals surface area contributed by atoms with Crippen molar-refractivity contribution >= 4 is 22.6 Å². The Morgan fingerprint density at radius 2 is 1.53 bits per heavy atom. The Morgan fingerprint density at radius 1 is 0.969 bits per heavy atom. The van der Waals surface area contributed by atoms with Gasteiger partial charge in [0.15, 0.2) is 17.3 Å². The van der Waals surface area contributed by atoms with Crippen LogP contribution in [-0.4, -0.2) is 12.0 Å². The molecule has 0 saturated carbocycles. The van der Waals surface area contributed by atoms with Crippen molar-refractivity contribution in [2.24, 2.45) is 0 Å². The monoisotopic (exact) mass is 467 g/mol. The van der Waals surface area contributed by atoms with Crippen LogP contribution < -0.4 is 15.5 Å². The highest BCUT2D eigenvalue weighted by Gasteiger charge is 2.35. The summed E-state index contributed by atoms with van der Waals surface area (Å²) in [6, 6.07) is 3.18. The number of carbonyl (C=O) groups is 1. The Morgan fingerprint density at radius 3 is 2.09 bits per heavy atom. The summed E-state index contributed by atoms with van der Waals surface area (Å²) in [5, 5.41) is 1.80. The summed E-state index contributed by atoms with van der Waals surface area (Å²) in [7, 11) is 0. The Kier molecular flexibility index (Phi) is 5.85. The number of nitrogens with one attached hydrogen (secondary N) is 1. The molecule has 32 heavy (non-hydrogen) atoms. The van der Waals surface area contributed by atoms with Crippen LogP contribution in [0.2, 0.25) is 0 Å². The number of amides is 1. The van der Waals surface area contributed by atoms with Crippen LogP contribution >= 0.6 is 0 Å². The van der Waals surface area contributed by atoms with Gasteiger partial charge < -0.3 is 14.5 Å². The van der Waals surface area contributed by atoms with Gasteiger partial charge in [0.05, 0.1) is 5.39 Å². The highest BCUT2D eigenvalue weighted by molar-refractivity contribution is 5.96. The number of anilines is 1. The van der Waals surface area contributed by atoms with E-state index in [0.717, 1.165) is 25.1 Å². The first-order chi connectivity index (χ1) is 14.8. The fraction of sp³-hybridized carbons (Fsp3) is 0.158. The number of ether oxygens (including phenoxy) is 1. The van der Waals surface area contributed by atoms with Crippen LogP contribution in [0, 0.1) is 29.1 Å². The fourth-order valence-corrected chi connectivity index (χ4v) is 2.54. The number of rotatable bonds is 4. The molecule has 1 unspecified atom stereocenters. The van der Waals surface area contributed by atoms with Crippen LogP contribution in [0.3, 0.4) is 0 Å². The predicted molar refractivity (Wildman–Crippen MR) is 92.4 cm³/mol. The maximum absolute atomic E-state index is 13.7. The summed E-state index contributed by atoms with van der Waals surface area (Å²) in [5.41, 5.74) is -1.66. The molecule has 1 aromatic heterocycles. The molecule has 1 amide bonds. The average Bonchev–Trinajstić information content (AvgIpc) is 2.73. The fourth-order valence-electron chi connectivity index (χ4n) is 2.54. The molecular formula is C19H9F8NO4. The molecule has 3 aromatic rings. The van der Waals surface area contributed by atoms with Crippen LogP contribution in [0.25, 0.3) is 11.0 Å². The molecule has 0 bridgehead atoms. The molecule has 170 valence electrons. The molecule has 0 saturated heterocycles. The van der Waals surface area contributed by atoms with E-state index in [1.807, 2.05) is 0 Å². The van der Waals surface area contributed by atoms with Crippen LogP contribution in [0.5, 0.6) is 5.75 Å². The molecule has 0 fully saturated rings. The van der Waals surface area contributed by atoms with Crippen molar-refractivity contribution in [2.75, 3.05) is 5.32 Å². The standard InChI is InChI=1S/C19H9F8NO4/c1-6(31-17-15(23)13(21)12(20)14(22)16(17)24)18(30)28-7-2-3-10-8(4-7)9(29)5-11(32-10)19(25,26)27/h2-6H,1H3,(H,28,30). The molecule has 1 heterocycles. The Hall–Kier alpha value is -3.64. The van der Waals surface area contributed by atoms with E-state index in [1.54, 1.807) is 0 Å². The van der Waals surface area contributed by atoms with E-state index in [1.165, 1.54) is 0 Å². The third-order valence-corrected chi connectivity index (χ3v) is 4.11. The van der Waals surface area contributed by atoms with E-state index < -0.39 is 69.8 Å². The normalized spacial score (nSPS) is 12.7. The van der Waals surface area contributed by atoms with Gasteiger partial charge in [0.25, 0.3) is 5.91 Å². The minimum atomic E-state index is -4.91. The summed E-state index contributed by atoms with van der Waals surface area (Å²) in [4.78, 5) is 24.1. The van der Waals surface area contributed by atoms with Gasteiger partial charge in [0.2, 0.25) is 34.8 Å². The summed E-state index contributed by atoms with van der Waals surface area (Å²) in [6.07, 6.45) is -6.69. The minimum absolute atomic E-state index is 0.151. The van der Waals surface area contributed by atoms with E-state index in [-0.39, 0.29) is 17.1 Å². The SMILES string of the molecule is CC(Oc1c(F)c(F)c(F)c(F)c1F)C(=O)Nc1ccc2oc(C(F)(F)F)cc(=O)c2c1. The maximum Gasteiger partial charge on any atom is 0.449 e. The molecule has 1 N–H and O–H groups in total. The number of hydrogen-bond donors (Lipinski definition) is 1. The zero-order valence-electron chi connectivity index (χ0n) is 15.5. The smallest absolute Gasteiger partial charge is 0.449 e. The average molecular weight is 467 g/mol. The van der Waals surface area contributed by atoms with Crippen molar-refractivity contribution in [3.63, 3.8) is 0 Å². The molecule has 0 aliphatic heterocycles. The maximum atomic E-state index is 13.7.